The molecule has 2 aliphatic heterocycles. The van der Waals surface area contributed by atoms with Crippen LogP contribution in [0.1, 0.15) is 32.1 Å². The van der Waals surface area contributed by atoms with Crippen LogP contribution in [0, 0.1) is 16.7 Å². The van der Waals surface area contributed by atoms with Crippen LogP contribution in [-0.2, 0) is 4.79 Å². The van der Waals surface area contributed by atoms with Crippen LogP contribution in [0.2, 0.25) is 0 Å². The van der Waals surface area contributed by atoms with E-state index in [2.05, 4.69) is 11.0 Å². The molecule has 2 saturated heterocycles. The van der Waals surface area contributed by atoms with Crippen LogP contribution in [0.25, 0.3) is 0 Å². The third kappa shape index (κ3) is 1.83. The zero-order valence-electron chi connectivity index (χ0n) is 10.2. The van der Waals surface area contributed by atoms with Crippen LogP contribution in [0.15, 0.2) is 0 Å². The van der Waals surface area contributed by atoms with Gasteiger partial charge >= 0.3 is 0 Å². The van der Waals surface area contributed by atoms with Crippen molar-refractivity contribution in [1.82, 2.24) is 9.80 Å². The summed E-state index contributed by atoms with van der Waals surface area (Å²) in [6.45, 7) is 4.08. The van der Waals surface area contributed by atoms with Gasteiger partial charge in [-0.3, -0.25) is 9.69 Å². The molecule has 0 radical (unpaired) electrons. The van der Waals surface area contributed by atoms with E-state index in [0.717, 1.165) is 32.4 Å². The zero-order valence-corrected chi connectivity index (χ0v) is 10.2. The van der Waals surface area contributed by atoms with Crippen molar-refractivity contribution in [3.05, 3.63) is 0 Å². The standard InChI is InChI=1S/C13H19N3O/c14-10-13(4-5-13)12(17)16-8-3-11(9-16)15-6-1-2-7-15/h11H,1-9H2. The summed E-state index contributed by atoms with van der Waals surface area (Å²) in [6, 6.07) is 2.76. The number of likely N-dealkylation sites (tertiary alicyclic amines) is 2. The number of amides is 1. The molecular weight excluding hydrogens is 214 g/mol. The molecule has 0 N–H and O–H groups in total. The summed E-state index contributed by atoms with van der Waals surface area (Å²) in [4.78, 5) is 16.6. The lowest BCUT2D eigenvalue weighted by Crippen LogP contribution is -2.39. The minimum Gasteiger partial charge on any atom is -0.340 e. The molecule has 17 heavy (non-hydrogen) atoms. The van der Waals surface area contributed by atoms with E-state index in [9.17, 15) is 4.79 Å². The maximum atomic E-state index is 12.2. The molecule has 3 fully saturated rings. The Bertz CT molecular complexity index is 363. The molecule has 4 heteroatoms. The second-order valence-electron chi connectivity index (χ2n) is 5.63. The van der Waals surface area contributed by atoms with Crippen molar-refractivity contribution in [3.8, 4) is 6.07 Å². The average Bonchev–Trinajstić information content (AvgIpc) is 2.81. The van der Waals surface area contributed by atoms with Gasteiger partial charge in [0.15, 0.2) is 0 Å². The normalized spacial score (nSPS) is 31.5. The lowest BCUT2D eigenvalue weighted by Gasteiger charge is -2.24. The highest BCUT2D eigenvalue weighted by atomic mass is 16.2. The van der Waals surface area contributed by atoms with Crippen LogP contribution >= 0.6 is 0 Å². The maximum Gasteiger partial charge on any atom is 0.243 e. The van der Waals surface area contributed by atoms with E-state index in [-0.39, 0.29) is 5.91 Å². The molecular formula is C13H19N3O. The molecule has 0 bridgehead atoms. The highest BCUT2D eigenvalue weighted by Gasteiger charge is 2.53. The first kappa shape index (κ1) is 11.0. The van der Waals surface area contributed by atoms with E-state index in [1.54, 1.807) is 0 Å². The van der Waals surface area contributed by atoms with Crippen molar-refractivity contribution in [2.45, 2.75) is 38.1 Å². The molecule has 92 valence electrons. The molecule has 0 spiro atoms. The van der Waals surface area contributed by atoms with Crippen molar-refractivity contribution in [2.24, 2.45) is 5.41 Å². The second-order valence-corrected chi connectivity index (χ2v) is 5.63. The Morgan fingerprint density at radius 2 is 1.94 bits per heavy atom. The van der Waals surface area contributed by atoms with Crippen molar-refractivity contribution >= 4 is 5.91 Å². The summed E-state index contributed by atoms with van der Waals surface area (Å²) in [6.07, 6.45) is 5.23. The third-order valence-corrected chi connectivity index (χ3v) is 4.48. The van der Waals surface area contributed by atoms with E-state index in [4.69, 9.17) is 5.26 Å². The quantitative estimate of drug-likeness (QED) is 0.714. The fraction of sp³-hybridized carbons (Fsp3) is 0.846. The molecule has 0 aromatic rings. The van der Waals surface area contributed by atoms with Gasteiger partial charge in [0.25, 0.3) is 0 Å². The van der Waals surface area contributed by atoms with E-state index in [0.29, 0.717) is 6.04 Å². The van der Waals surface area contributed by atoms with Crippen molar-refractivity contribution in [3.63, 3.8) is 0 Å². The summed E-state index contributed by atoms with van der Waals surface area (Å²) in [5, 5.41) is 9.06. The van der Waals surface area contributed by atoms with Crippen LogP contribution in [0.3, 0.4) is 0 Å². The first-order chi connectivity index (χ1) is 8.25. The predicted octanol–water partition coefficient (Wildman–Crippen LogP) is 0.987. The van der Waals surface area contributed by atoms with Gasteiger partial charge in [-0.25, -0.2) is 0 Å². The Morgan fingerprint density at radius 1 is 1.24 bits per heavy atom. The minimum absolute atomic E-state index is 0.0988. The van der Waals surface area contributed by atoms with E-state index in [1.807, 2.05) is 4.90 Å². The fourth-order valence-corrected chi connectivity index (χ4v) is 3.13. The molecule has 0 aromatic carbocycles. The molecule has 1 aliphatic carbocycles. The summed E-state index contributed by atoms with van der Waals surface area (Å²) >= 11 is 0. The van der Waals surface area contributed by atoms with E-state index >= 15 is 0 Å². The van der Waals surface area contributed by atoms with Crippen molar-refractivity contribution < 1.29 is 4.79 Å². The van der Waals surface area contributed by atoms with Gasteiger partial charge in [-0.1, -0.05) is 0 Å². The largest absolute Gasteiger partial charge is 0.340 e. The Labute approximate surface area is 102 Å². The smallest absolute Gasteiger partial charge is 0.243 e. The number of carbonyl (C=O) groups is 1. The topological polar surface area (TPSA) is 47.3 Å². The number of hydrogen-bond donors (Lipinski definition) is 0. The zero-order chi connectivity index (χ0) is 11.9. The van der Waals surface area contributed by atoms with E-state index in [1.165, 1.54) is 25.9 Å². The first-order valence-electron chi connectivity index (χ1n) is 6.70. The van der Waals surface area contributed by atoms with Gasteiger partial charge in [0.1, 0.15) is 5.41 Å². The molecule has 4 nitrogen and oxygen atoms in total. The predicted molar refractivity (Wildman–Crippen MR) is 63.1 cm³/mol. The van der Waals surface area contributed by atoms with Crippen LogP contribution in [-0.4, -0.2) is 47.9 Å². The summed E-state index contributed by atoms with van der Waals surface area (Å²) < 4.78 is 0. The summed E-state index contributed by atoms with van der Waals surface area (Å²) in [5.74, 6) is 0.0988. The highest BCUT2D eigenvalue weighted by Crippen LogP contribution is 2.47. The van der Waals surface area contributed by atoms with Crippen LogP contribution in [0.4, 0.5) is 0 Å². The van der Waals surface area contributed by atoms with Crippen LogP contribution < -0.4 is 0 Å². The summed E-state index contributed by atoms with van der Waals surface area (Å²) in [7, 11) is 0. The van der Waals surface area contributed by atoms with Gasteiger partial charge in [-0.15, -0.1) is 0 Å². The Kier molecular flexibility index (Phi) is 2.59. The highest BCUT2D eigenvalue weighted by molar-refractivity contribution is 5.88. The molecule has 3 aliphatic rings. The average molecular weight is 233 g/mol. The number of carbonyl (C=O) groups excluding carboxylic acids is 1. The SMILES string of the molecule is N#CC1(C(=O)N2CCC(N3CCCC3)C2)CC1. The number of rotatable bonds is 2. The molecule has 1 unspecified atom stereocenters. The van der Waals surface area contributed by atoms with Crippen molar-refractivity contribution in [1.29, 1.82) is 5.26 Å². The Morgan fingerprint density at radius 3 is 2.53 bits per heavy atom. The lowest BCUT2D eigenvalue weighted by atomic mass is 10.1. The number of nitriles is 1. The summed E-state index contributed by atoms with van der Waals surface area (Å²) in [5.41, 5.74) is -0.625. The van der Waals surface area contributed by atoms with Crippen LogP contribution in [0.5, 0.6) is 0 Å². The number of hydrogen-bond acceptors (Lipinski definition) is 3. The van der Waals surface area contributed by atoms with Gasteiger partial charge in [0.2, 0.25) is 5.91 Å². The van der Waals surface area contributed by atoms with Gasteiger partial charge in [0, 0.05) is 19.1 Å². The third-order valence-electron chi connectivity index (χ3n) is 4.48. The van der Waals surface area contributed by atoms with E-state index < -0.39 is 5.41 Å². The first-order valence-corrected chi connectivity index (χ1v) is 6.70. The Hall–Kier alpha value is -1.08. The maximum absolute atomic E-state index is 12.2. The molecule has 1 saturated carbocycles. The minimum atomic E-state index is -0.625. The molecule has 3 rings (SSSR count). The monoisotopic (exact) mass is 233 g/mol. The number of nitrogens with zero attached hydrogens (tertiary/aromatic N) is 3. The van der Waals surface area contributed by atoms with Gasteiger partial charge in [-0.05, 0) is 45.2 Å². The molecule has 0 aromatic heterocycles. The van der Waals surface area contributed by atoms with Gasteiger partial charge in [-0.2, -0.15) is 5.26 Å². The second kappa shape index (κ2) is 3.99. The van der Waals surface area contributed by atoms with Crippen molar-refractivity contribution in [2.75, 3.05) is 26.2 Å². The molecule has 1 amide bonds. The van der Waals surface area contributed by atoms with Gasteiger partial charge in [0.05, 0.1) is 6.07 Å². The molecule has 2 heterocycles. The molecule has 1 atom stereocenters. The fourth-order valence-electron chi connectivity index (χ4n) is 3.13. The Balaban J connectivity index is 1.60. The van der Waals surface area contributed by atoms with Gasteiger partial charge < -0.3 is 4.90 Å². The lowest BCUT2D eigenvalue weighted by molar-refractivity contribution is -0.134.